The first-order chi connectivity index (χ1) is 9.83. The van der Waals surface area contributed by atoms with Gasteiger partial charge in [-0.3, -0.25) is 4.79 Å². The zero-order valence-corrected chi connectivity index (χ0v) is 11.4. The lowest BCUT2D eigenvalue weighted by Gasteiger charge is -2.08. The first kappa shape index (κ1) is 12.9. The highest BCUT2D eigenvalue weighted by molar-refractivity contribution is 5.91. The van der Waals surface area contributed by atoms with Crippen LogP contribution >= 0.6 is 0 Å². The van der Waals surface area contributed by atoms with E-state index < -0.39 is 0 Å². The van der Waals surface area contributed by atoms with Crippen molar-refractivity contribution in [2.45, 2.75) is 31.7 Å². The molecule has 1 aromatic heterocycles. The Bertz CT molecular complexity index is 602. The minimum absolute atomic E-state index is 0.167. The summed E-state index contributed by atoms with van der Waals surface area (Å²) in [5.41, 5.74) is 0. The number of carbonyl (C=O) groups excluding carboxylic acids is 1. The minimum atomic E-state index is 0.167. The Morgan fingerprint density at radius 1 is 1.25 bits per heavy atom. The van der Waals surface area contributed by atoms with Crippen molar-refractivity contribution in [2.24, 2.45) is 0 Å². The van der Waals surface area contributed by atoms with Gasteiger partial charge in [0.05, 0.1) is 0 Å². The Kier molecular flexibility index (Phi) is 3.81. The highest BCUT2D eigenvalue weighted by atomic mass is 16.1. The molecule has 1 aliphatic rings. The Balaban J connectivity index is 1.50. The number of hydrogen-bond acceptors (Lipinski definition) is 3. The van der Waals surface area contributed by atoms with Crippen LogP contribution < -0.4 is 10.6 Å². The number of anilines is 1. The maximum Gasteiger partial charge on any atom is 0.220 e. The standard InChI is InChI=1S/C16H19N3O/c20-15(19-13-7-8-13)6-3-10-17-16-14-5-2-1-4-12(14)9-11-18-16/h1-2,4-5,9,11,13H,3,6-8,10H2,(H,17,18)(H,19,20). The largest absolute Gasteiger partial charge is 0.370 e. The lowest BCUT2D eigenvalue weighted by molar-refractivity contribution is -0.121. The molecule has 0 atom stereocenters. The Labute approximate surface area is 118 Å². The van der Waals surface area contributed by atoms with Crippen molar-refractivity contribution in [1.82, 2.24) is 10.3 Å². The lowest BCUT2D eigenvalue weighted by atomic mass is 10.1. The molecule has 1 saturated carbocycles. The molecule has 0 saturated heterocycles. The number of rotatable bonds is 6. The molecular weight excluding hydrogens is 250 g/mol. The molecule has 1 heterocycles. The quantitative estimate of drug-likeness (QED) is 0.793. The number of pyridine rings is 1. The molecule has 1 fully saturated rings. The molecule has 20 heavy (non-hydrogen) atoms. The number of benzene rings is 1. The molecule has 0 bridgehead atoms. The summed E-state index contributed by atoms with van der Waals surface area (Å²) < 4.78 is 0. The molecule has 3 rings (SSSR count). The summed E-state index contributed by atoms with van der Waals surface area (Å²) in [5.74, 6) is 1.06. The second kappa shape index (κ2) is 5.90. The summed E-state index contributed by atoms with van der Waals surface area (Å²) in [6, 6.07) is 10.6. The van der Waals surface area contributed by atoms with Gasteiger partial charge in [0.2, 0.25) is 5.91 Å². The molecule has 1 aliphatic carbocycles. The van der Waals surface area contributed by atoms with Gasteiger partial charge in [0.25, 0.3) is 0 Å². The third-order valence-corrected chi connectivity index (χ3v) is 3.49. The van der Waals surface area contributed by atoms with Crippen molar-refractivity contribution >= 4 is 22.5 Å². The first-order valence-corrected chi connectivity index (χ1v) is 7.20. The van der Waals surface area contributed by atoms with Crippen LogP contribution in [-0.4, -0.2) is 23.5 Å². The maximum atomic E-state index is 11.6. The van der Waals surface area contributed by atoms with Gasteiger partial charge in [0.1, 0.15) is 5.82 Å². The van der Waals surface area contributed by atoms with Crippen LogP contribution in [0.4, 0.5) is 5.82 Å². The summed E-state index contributed by atoms with van der Waals surface area (Å²) in [4.78, 5) is 15.9. The normalized spacial score (nSPS) is 14.2. The number of carbonyl (C=O) groups is 1. The number of amides is 1. The van der Waals surface area contributed by atoms with Crippen molar-refractivity contribution in [3.8, 4) is 0 Å². The number of hydrogen-bond donors (Lipinski definition) is 2. The summed E-state index contributed by atoms with van der Waals surface area (Å²) in [6.45, 7) is 0.763. The molecular formula is C16H19N3O. The highest BCUT2D eigenvalue weighted by Crippen LogP contribution is 2.20. The van der Waals surface area contributed by atoms with E-state index in [1.807, 2.05) is 24.4 Å². The topological polar surface area (TPSA) is 54.0 Å². The Morgan fingerprint density at radius 3 is 2.95 bits per heavy atom. The number of fused-ring (bicyclic) bond motifs is 1. The molecule has 0 radical (unpaired) electrons. The van der Waals surface area contributed by atoms with Crippen LogP contribution in [0.1, 0.15) is 25.7 Å². The van der Waals surface area contributed by atoms with Gasteiger partial charge in [0.15, 0.2) is 0 Å². The summed E-state index contributed by atoms with van der Waals surface area (Å²) >= 11 is 0. The molecule has 2 aromatic rings. The van der Waals surface area contributed by atoms with Crippen LogP contribution in [0.25, 0.3) is 10.8 Å². The van der Waals surface area contributed by atoms with Gasteiger partial charge in [-0.25, -0.2) is 4.98 Å². The number of nitrogens with one attached hydrogen (secondary N) is 2. The zero-order chi connectivity index (χ0) is 13.8. The monoisotopic (exact) mass is 269 g/mol. The number of nitrogens with zero attached hydrogens (tertiary/aromatic N) is 1. The third kappa shape index (κ3) is 3.26. The van der Waals surface area contributed by atoms with E-state index in [9.17, 15) is 4.79 Å². The van der Waals surface area contributed by atoms with Gasteiger partial charge in [-0.15, -0.1) is 0 Å². The first-order valence-electron chi connectivity index (χ1n) is 7.20. The Morgan fingerprint density at radius 2 is 2.10 bits per heavy atom. The predicted octanol–water partition coefficient (Wildman–Crippen LogP) is 2.71. The number of aromatic nitrogens is 1. The van der Waals surface area contributed by atoms with E-state index in [1.54, 1.807) is 0 Å². The predicted molar refractivity (Wildman–Crippen MR) is 80.6 cm³/mol. The maximum absolute atomic E-state index is 11.6. The van der Waals surface area contributed by atoms with E-state index in [0.29, 0.717) is 12.5 Å². The average molecular weight is 269 g/mol. The van der Waals surface area contributed by atoms with E-state index >= 15 is 0 Å². The van der Waals surface area contributed by atoms with Gasteiger partial charge < -0.3 is 10.6 Å². The molecule has 2 N–H and O–H groups in total. The van der Waals surface area contributed by atoms with Crippen LogP contribution in [-0.2, 0) is 4.79 Å². The smallest absolute Gasteiger partial charge is 0.220 e. The van der Waals surface area contributed by atoms with Crippen LogP contribution in [0.2, 0.25) is 0 Å². The molecule has 104 valence electrons. The molecule has 4 heteroatoms. The molecule has 1 aromatic carbocycles. The van der Waals surface area contributed by atoms with Crippen molar-refractivity contribution in [3.05, 3.63) is 36.5 Å². The van der Waals surface area contributed by atoms with E-state index in [1.165, 1.54) is 5.39 Å². The van der Waals surface area contributed by atoms with E-state index in [-0.39, 0.29) is 5.91 Å². The van der Waals surface area contributed by atoms with Crippen LogP contribution in [0.3, 0.4) is 0 Å². The zero-order valence-electron chi connectivity index (χ0n) is 11.4. The Hall–Kier alpha value is -2.10. The van der Waals surface area contributed by atoms with E-state index in [2.05, 4.69) is 27.8 Å². The molecule has 0 spiro atoms. The van der Waals surface area contributed by atoms with Gasteiger partial charge in [0, 0.05) is 30.6 Å². The second-order valence-electron chi connectivity index (χ2n) is 5.25. The molecule has 0 aliphatic heterocycles. The third-order valence-electron chi connectivity index (χ3n) is 3.49. The van der Waals surface area contributed by atoms with Gasteiger partial charge in [-0.1, -0.05) is 24.3 Å². The second-order valence-corrected chi connectivity index (χ2v) is 5.25. The summed E-state index contributed by atoms with van der Waals surface area (Å²) in [7, 11) is 0. The summed E-state index contributed by atoms with van der Waals surface area (Å²) in [6.07, 6.45) is 5.50. The fraction of sp³-hybridized carbons (Fsp3) is 0.375. The van der Waals surface area contributed by atoms with Gasteiger partial charge in [-0.2, -0.15) is 0 Å². The SMILES string of the molecule is O=C(CCCNc1nccc2ccccc12)NC1CC1. The van der Waals surface area contributed by atoms with Crippen molar-refractivity contribution in [2.75, 3.05) is 11.9 Å². The fourth-order valence-corrected chi connectivity index (χ4v) is 2.24. The molecule has 0 unspecified atom stereocenters. The molecule has 1 amide bonds. The van der Waals surface area contributed by atoms with Crippen molar-refractivity contribution < 1.29 is 4.79 Å². The minimum Gasteiger partial charge on any atom is -0.370 e. The highest BCUT2D eigenvalue weighted by Gasteiger charge is 2.22. The van der Waals surface area contributed by atoms with Crippen LogP contribution in [0, 0.1) is 0 Å². The van der Waals surface area contributed by atoms with Gasteiger partial charge in [-0.05, 0) is 30.7 Å². The fourth-order valence-electron chi connectivity index (χ4n) is 2.24. The van der Waals surface area contributed by atoms with Gasteiger partial charge >= 0.3 is 0 Å². The average Bonchev–Trinajstić information content (AvgIpc) is 3.27. The van der Waals surface area contributed by atoms with E-state index in [4.69, 9.17) is 0 Å². The summed E-state index contributed by atoms with van der Waals surface area (Å²) in [5, 5.41) is 8.62. The lowest BCUT2D eigenvalue weighted by Crippen LogP contribution is -2.25. The van der Waals surface area contributed by atoms with E-state index in [0.717, 1.165) is 37.0 Å². The van der Waals surface area contributed by atoms with Crippen LogP contribution in [0.15, 0.2) is 36.5 Å². The van der Waals surface area contributed by atoms with Crippen molar-refractivity contribution in [1.29, 1.82) is 0 Å². The molecule has 4 nitrogen and oxygen atoms in total. The van der Waals surface area contributed by atoms with Crippen LogP contribution in [0.5, 0.6) is 0 Å². The van der Waals surface area contributed by atoms with Crippen molar-refractivity contribution in [3.63, 3.8) is 0 Å².